The Morgan fingerprint density at radius 3 is 2.77 bits per heavy atom. The largest absolute Gasteiger partial charge is 0.494 e. The van der Waals surface area contributed by atoms with Gasteiger partial charge in [-0.05, 0) is 0 Å². The summed E-state index contributed by atoms with van der Waals surface area (Å²) in [5.41, 5.74) is -0.234. The molecule has 1 aromatic heterocycles. The molecule has 116 valence electrons. The van der Waals surface area contributed by atoms with E-state index in [4.69, 9.17) is 4.74 Å². The highest BCUT2D eigenvalue weighted by Crippen LogP contribution is 2.34. The van der Waals surface area contributed by atoms with Gasteiger partial charge in [0.25, 0.3) is 5.69 Å². The van der Waals surface area contributed by atoms with Gasteiger partial charge in [-0.1, -0.05) is 0 Å². The number of ether oxygens (including phenoxy) is 2. The average molecular weight is 309 g/mol. The highest BCUT2D eigenvalue weighted by atomic mass is 19.1. The van der Waals surface area contributed by atoms with Gasteiger partial charge >= 0.3 is 5.97 Å². The van der Waals surface area contributed by atoms with Crippen molar-refractivity contribution >= 4 is 28.2 Å². The smallest absolute Gasteiger partial charge is 0.325 e. The zero-order chi connectivity index (χ0) is 16.3. The van der Waals surface area contributed by atoms with Crippen LogP contribution in [0.25, 0.3) is 10.9 Å². The normalized spacial score (nSPS) is 10.3. The van der Waals surface area contributed by atoms with Crippen LogP contribution in [0, 0.1) is 15.9 Å². The Morgan fingerprint density at radius 1 is 1.45 bits per heavy atom. The molecule has 0 spiro atoms. The molecule has 8 nitrogen and oxygen atoms in total. The zero-order valence-corrected chi connectivity index (χ0v) is 11.8. The maximum Gasteiger partial charge on any atom is 0.325 e. The van der Waals surface area contributed by atoms with Crippen LogP contribution < -0.4 is 10.1 Å². The van der Waals surface area contributed by atoms with E-state index in [0.29, 0.717) is 0 Å². The van der Waals surface area contributed by atoms with Crippen LogP contribution in [0.5, 0.6) is 5.75 Å². The van der Waals surface area contributed by atoms with E-state index >= 15 is 0 Å². The number of hydrogen-bond donors (Lipinski definition) is 1. The van der Waals surface area contributed by atoms with Crippen molar-refractivity contribution in [1.82, 2.24) is 4.98 Å². The first-order chi connectivity index (χ1) is 10.5. The molecule has 1 N–H and O–H groups in total. The highest BCUT2D eigenvalue weighted by Gasteiger charge is 2.18. The molecule has 0 aliphatic heterocycles. The number of hydrogen-bond acceptors (Lipinski definition) is 7. The van der Waals surface area contributed by atoms with E-state index in [1.54, 1.807) is 0 Å². The number of halogens is 1. The monoisotopic (exact) mass is 309 g/mol. The molecule has 0 saturated heterocycles. The van der Waals surface area contributed by atoms with Gasteiger partial charge in [0.2, 0.25) is 0 Å². The number of methoxy groups -OCH3 is 2. The van der Waals surface area contributed by atoms with Crippen LogP contribution in [-0.4, -0.2) is 36.6 Å². The molecular weight excluding hydrogens is 297 g/mol. The molecule has 0 aliphatic carbocycles. The fourth-order valence-corrected chi connectivity index (χ4v) is 1.85. The molecule has 0 aliphatic rings. The zero-order valence-electron chi connectivity index (χ0n) is 11.8. The minimum absolute atomic E-state index is 0.0534. The molecule has 0 atom stereocenters. The van der Waals surface area contributed by atoms with Gasteiger partial charge in [-0.25, -0.2) is 9.37 Å². The Bertz CT molecular complexity index is 750. The Hall–Kier alpha value is -2.97. The summed E-state index contributed by atoms with van der Waals surface area (Å²) in [5.74, 6) is -1.27. The number of pyridine rings is 1. The van der Waals surface area contributed by atoms with Crippen molar-refractivity contribution in [3.8, 4) is 5.75 Å². The van der Waals surface area contributed by atoms with Gasteiger partial charge < -0.3 is 14.8 Å². The summed E-state index contributed by atoms with van der Waals surface area (Å²) >= 11 is 0. The third-order valence-corrected chi connectivity index (χ3v) is 2.94. The second-order valence-corrected chi connectivity index (χ2v) is 4.21. The van der Waals surface area contributed by atoms with E-state index in [-0.39, 0.29) is 34.6 Å². The number of carbonyl (C=O) groups is 1. The van der Waals surface area contributed by atoms with Crippen LogP contribution in [0.4, 0.5) is 15.8 Å². The molecular formula is C13H12FN3O5. The summed E-state index contributed by atoms with van der Waals surface area (Å²) in [4.78, 5) is 25.1. The van der Waals surface area contributed by atoms with Gasteiger partial charge in [-0.2, -0.15) is 0 Å². The third kappa shape index (κ3) is 2.87. The summed E-state index contributed by atoms with van der Waals surface area (Å²) < 4.78 is 24.1. The molecule has 0 radical (unpaired) electrons. The Balaban J connectivity index is 2.55. The molecule has 9 heteroatoms. The molecule has 0 unspecified atom stereocenters. The Morgan fingerprint density at radius 2 is 2.18 bits per heavy atom. The summed E-state index contributed by atoms with van der Waals surface area (Å²) in [7, 11) is 2.53. The first kappa shape index (κ1) is 15.4. The molecule has 0 fully saturated rings. The van der Waals surface area contributed by atoms with E-state index in [1.165, 1.54) is 20.3 Å². The lowest BCUT2D eigenvalue weighted by Gasteiger charge is -2.13. The predicted octanol–water partition coefficient (Wildman–Crippen LogP) is 1.88. The summed E-state index contributed by atoms with van der Waals surface area (Å²) in [6.07, 6.45) is 1.03. The Kier molecular flexibility index (Phi) is 4.35. The van der Waals surface area contributed by atoms with E-state index in [1.807, 2.05) is 0 Å². The maximum atomic E-state index is 14.6. The van der Waals surface area contributed by atoms with Gasteiger partial charge in [0, 0.05) is 17.5 Å². The van der Waals surface area contributed by atoms with Crippen LogP contribution in [0.3, 0.4) is 0 Å². The first-order valence-electron chi connectivity index (χ1n) is 6.09. The fraction of sp³-hybridized carbons (Fsp3) is 0.231. The van der Waals surface area contributed by atoms with Crippen molar-refractivity contribution in [2.75, 3.05) is 26.1 Å². The van der Waals surface area contributed by atoms with Gasteiger partial charge in [0.1, 0.15) is 24.2 Å². The lowest BCUT2D eigenvalue weighted by Crippen LogP contribution is -2.16. The molecule has 0 saturated carbocycles. The van der Waals surface area contributed by atoms with E-state index in [2.05, 4.69) is 15.0 Å². The summed E-state index contributed by atoms with van der Waals surface area (Å²) in [6.45, 7) is -0.280. The topological polar surface area (TPSA) is 104 Å². The van der Waals surface area contributed by atoms with Crippen LogP contribution in [0.15, 0.2) is 18.3 Å². The fourth-order valence-electron chi connectivity index (χ4n) is 1.85. The quantitative estimate of drug-likeness (QED) is 0.511. The molecule has 0 bridgehead atoms. The molecule has 2 aromatic rings. The number of carbonyl (C=O) groups excluding carboxylic acids is 1. The lowest BCUT2D eigenvalue weighted by atomic mass is 10.1. The molecule has 2 rings (SSSR count). The van der Waals surface area contributed by atoms with Crippen molar-refractivity contribution in [3.05, 3.63) is 34.3 Å². The Labute approximate surface area is 124 Å². The number of nitrogens with one attached hydrogen (secondary N) is 1. The number of aromatic nitrogens is 1. The number of nitrogens with zero attached hydrogens (tertiary/aromatic N) is 2. The van der Waals surface area contributed by atoms with Crippen LogP contribution in [0.1, 0.15) is 0 Å². The van der Waals surface area contributed by atoms with Crippen molar-refractivity contribution in [2.45, 2.75) is 0 Å². The second kappa shape index (κ2) is 6.20. The summed E-state index contributed by atoms with van der Waals surface area (Å²) in [6, 6.07) is 2.49. The highest BCUT2D eigenvalue weighted by molar-refractivity contribution is 5.89. The SMILES string of the molecule is COC(=O)CNc1c(OC)cc2ncc([N+](=O)[O-])cc2c1F. The number of anilines is 1. The second-order valence-electron chi connectivity index (χ2n) is 4.21. The van der Waals surface area contributed by atoms with Crippen molar-refractivity contribution in [2.24, 2.45) is 0 Å². The third-order valence-electron chi connectivity index (χ3n) is 2.94. The van der Waals surface area contributed by atoms with Crippen LogP contribution >= 0.6 is 0 Å². The standard InChI is InChI=1S/C13H12FN3O5/c1-21-10-4-9-8(3-7(5-15-9)17(19)20)12(14)13(10)16-6-11(18)22-2/h3-5,16H,6H2,1-2H3. The van der Waals surface area contributed by atoms with Gasteiger partial charge in [0.15, 0.2) is 5.82 Å². The van der Waals surface area contributed by atoms with Gasteiger partial charge in [-0.3, -0.25) is 14.9 Å². The molecule has 1 aromatic carbocycles. The van der Waals surface area contributed by atoms with E-state index in [9.17, 15) is 19.3 Å². The molecule has 22 heavy (non-hydrogen) atoms. The molecule has 0 amide bonds. The summed E-state index contributed by atoms with van der Waals surface area (Å²) in [5, 5.41) is 13.3. The minimum atomic E-state index is -0.797. The predicted molar refractivity (Wildman–Crippen MR) is 75.4 cm³/mol. The van der Waals surface area contributed by atoms with Crippen molar-refractivity contribution in [3.63, 3.8) is 0 Å². The number of benzene rings is 1. The van der Waals surface area contributed by atoms with Crippen LogP contribution in [-0.2, 0) is 9.53 Å². The lowest BCUT2D eigenvalue weighted by molar-refractivity contribution is -0.385. The van der Waals surface area contributed by atoms with E-state index in [0.717, 1.165) is 12.3 Å². The number of nitro groups is 1. The average Bonchev–Trinajstić information content (AvgIpc) is 2.52. The number of esters is 1. The maximum absolute atomic E-state index is 14.6. The number of rotatable bonds is 5. The van der Waals surface area contributed by atoms with Crippen molar-refractivity contribution < 1.29 is 23.6 Å². The van der Waals surface area contributed by atoms with Crippen molar-refractivity contribution in [1.29, 1.82) is 0 Å². The van der Waals surface area contributed by atoms with Gasteiger partial charge in [0.05, 0.1) is 24.7 Å². The number of fused-ring (bicyclic) bond motifs is 1. The molecule has 1 heterocycles. The van der Waals surface area contributed by atoms with Crippen LogP contribution in [0.2, 0.25) is 0 Å². The van der Waals surface area contributed by atoms with E-state index < -0.39 is 16.7 Å². The first-order valence-corrected chi connectivity index (χ1v) is 6.09. The minimum Gasteiger partial charge on any atom is -0.494 e. The van der Waals surface area contributed by atoms with Gasteiger partial charge in [-0.15, -0.1) is 0 Å².